The quantitative estimate of drug-likeness (QED) is 0.689. The summed E-state index contributed by atoms with van der Waals surface area (Å²) in [6.45, 7) is 0. The van der Waals surface area contributed by atoms with E-state index in [9.17, 15) is 5.11 Å². The first-order chi connectivity index (χ1) is 11.7. The fourth-order valence-corrected chi connectivity index (χ4v) is 3.18. The third kappa shape index (κ3) is 2.19. The lowest BCUT2D eigenvalue weighted by Gasteiger charge is -2.18. The molecule has 0 bridgehead atoms. The number of rotatable bonds is 1. The van der Waals surface area contributed by atoms with Gasteiger partial charge in [0.25, 0.3) is 0 Å². The van der Waals surface area contributed by atoms with Gasteiger partial charge in [-0.15, -0.1) is 0 Å². The highest BCUT2D eigenvalue weighted by molar-refractivity contribution is 5.82. The molecule has 0 unspecified atom stereocenters. The predicted octanol–water partition coefficient (Wildman–Crippen LogP) is 3.96. The van der Waals surface area contributed by atoms with Crippen LogP contribution in [0.3, 0.4) is 0 Å². The molecule has 1 aliphatic rings. The molecular weight excluding hydrogens is 296 g/mol. The Hall–Kier alpha value is -3.02. The van der Waals surface area contributed by atoms with E-state index in [1.165, 1.54) is 0 Å². The molecular formula is C22H16O2. The van der Waals surface area contributed by atoms with Crippen LogP contribution in [-0.2, 0) is 5.60 Å². The second-order valence-corrected chi connectivity index (χ2v) is 5.78. The fraction of sp³-hybridized carbons (Fsp3) is 0.0909. The molecule has 0 fully saturated rings. The zero-order chi connectivity index (χ0) is 16.6. The third-order valence-electron chi connectivity index (χ3n) is 4.40. The van der Waals surface area contributed by atoms with Gasteiger partial charge in [0.1, 0.15) is 5.75 Å². The van der Waals surface area contributed by atoms with E-state index in [1.54, 1.807) is 7.11 Å². The molecule has 0 amide bonds. The average molecular weight is 312 g/mol. The highest BCUT2D eigenvalue weighted by Gasteiger charge is 2.39. The molecule has 1 aliphatic carbocycles. The zero-order valence-electron chi connectivity index (χ0n) is 13.3. The SMILES string of the molecule is COc1ccc(C#CC2(O)c3ccccc3-c3ccccc32)cc1. The molecule has 0 spiro atoms. The van der Waals surface area contributed by atoms with Crippen LogP contribution in [-0.4, -0.2) is 12.2 Å². The van der Waals surface area contributed by atoms with Crippen LogP contribution in [0.4, 0.5) is 0 Å². The number of hydrogen-bond acceptors (Lipinski definition) is 2. The summed E-state index contributed by atoms with van der Waals surface area (Å²) in [4.78, 5) is 0. The molecule has 2 nitrogen and oxygen atoms in total. The standard InChI is InChI=1S/C22H16O2/c1-24-17-12-10-16(11-13-17)14-15-22(23)20-8-4-2-6-18(20)19-7-3-5-9-21(19)22/h2-13,23H,1H3. The molecule has 4 rings (SSSR count). The van der Waals surface area contributed by atoms with Crippen LogP contribution in [0.2, 0.25) is 0 Å². The Balaban J connectivity index is 1.84. The summed E-state index contributed by atoms with van der Waals surface area (Å²) in [5.74, 6) is 6.98. The highest BCUT2D eigenvalue weighted by atomic mass is 16.5. The molecule has 1 N–H and O–H groups in total. The Labute approximate surface area is 141 Å². The van der Waals surface area contributed by atoms with Crippen LogP contribution in [0.15, 0.2) is 72.8 Å². The van der Waals surface area contributed by atoms with E-state index >= 15 is 0 Å². The van der Waals surface area contributed by atoms with E-state index in [1.807, 2.05) is 72.8 Å². The number of methoxy groups -OCH3 is 1. The summed E-state index contributed by atoms with van der Waals surface area (Å²) < 4.78 is 5.16. The summed E-state index contributed by atoms with van der Waals surface area (Å²) in [6, 6.07) is 23.3. The maximum absolute atomic E-state index is 11.4. The minimum atomic E-state index is -1.28. The lowest BCUT2D eigenvalue weighted by molar-refractivity contribution is 0.150. The van der Waals surface area contributed by atoms with Crippen molar-refractivity contribution in [2.24, 2.45) is 0 Å². The summed E-state index contributed by atoms with van der Waals surface area (Å²) in [5.41, 5.74) is 3.32. The Morgan fingerprint density at radius 3 is 1.88 bits per heavy atom. The van der Waals surface area contributed by atoms with Gasteiger partial charge in [0.05, 0.1) is 7.11 Å². The molecule has 24 heavy (non-hydrogen) atoms. The van der Waals surface area contributed by atoms with Crippen molar-refractivity contribution < 1.29 is 9.84 Å². The van der Waals surface area contributed by atoms with Crippen molar-refractivity contribution in [2.75, 3.05) is 7.11 Å². The van der Waals surface area contributed by atoms with E-state index in [4.69, 9.17) is 4.74 Å². The van der Waals surface area contributed by atoms with Gasteiger partial charge in [0.15, 0.2) is 5.60 Å². The first-order valence-electron chi connectivity index (χ1n) is 7.81. The Kier molecular flexibility index (Phi) is 3.37. The Morgan fingerprint density at radius 2 is 1.33 bits per heavy atom. The van der Waals surface area contributed by atoms with Crippen molar-refractivity contribution in [3.8, 4) is 28.7 Å². The van der Waals surface area contributed by atoms with Crippen LogP contribution in [0, 0.1) is 11.8 Å². The molecule has 0 atom stereocenters. The van der Waals surface area contributed by atoms with Gasteiger partial charge < -0.3 is 9.84 Å². The van der Waals surface area contributed by atoms with Crippen LogP contribution in [0.25, 0.3) is 11.1 Å². The smallest absolute Gasteiger partial charge is 0.178 e. The van der Waals surface area contributed by atoms with Crippen molar-refractivity contribution in [3.63, 3.8) is 0 Å². The van der Waals surface area contributed by atoms with Gasteiger partial charge in [-0.2, -0.15) is 0 Å². The number of hydrogen-bond donors (Lipinski definition) is 1. The minimum absolute atomic E-state index is 0.788. The lowest BCUT2D eigenvalue weighted by atomic mass is 9.92. The predicted molar refractivity (Wildman–Crippen MR) is 94.7 cm³/mol. The molecule has 3 aromatic rings. The summed E-state index contributed by atoms with van der Waals surface area (Å²) in [6.07, 6.45) is 0. The first kappa shape index (κ1) is 14.6. The Bertz CT molecular complexity index is 914. The van der Waals surface area contributed by atoms with Crippen molar-refractivity contribution in [1.82, 2.24) is 0 Å². The first-order valence-corrected chi connectivity index (χ1v) is 7.81. The second-order valence-electron chi connectivity index (χ2n) is 5.78. The van der Waals surface area contributed by atoms with E-state index in [0.717, 1.165) is 33.6 Å². The molecule has 3 aromatic carbocycles. The van der Waals surface area contributed by atoms with E-state index in [2.05, 4.69) is 11.8 Å². The van der Waals surface area contributed by atoms with Crippen LogP contribution in [0.5, 0.6) is 5.75 Å². The third-order valence-corrected chi connectivity index (χ3v) is 4.40. The van der Waals surface area contributed by atoms with Gasteiger partial charge in [-0.1, -0.05) is 60.4 Å². The molecule has 0 heterocycles. The number of ether oxygens (including phenoxy) is 1. The summed E-state index contributed by atoms with van der Waals surface area (Å²) in [7, 11) is 1.63. The van der Waals surface area contributed by atoms with Gasteiger partial charge in [0.2, 0.25) is 0 Å². The molecule has 0 radical (unpaired) electrons. The molecule has 0 aromatic heterocycles. The van der Waals surface area contributed by atoms with E-state index in [-0.39, 0.29) is 0 Å². The van der Waals surface area contributed by atoms with Gasteiger partial charge in [-0.3, -0.25) is 0 Å². The molecule has 0 saturated carbocycles. The van der Waals surface area contributed by atoms with Crippen molar-refractivity contribution in [3.05, 3.63) is 89.5 Å². The molecule has 2 heteroatoms. The molecule has 0 aliphatic heterocycles. The van der Waals surface area contributed by atoms with Crippen LogP contribution < -0.4 is 4.74 Å². The molecule has 116 valence electrons. The maximum Gasteiger partial charge on any atom is 0.178 e. The van der Waals surface area contributed by atoms with E-state index < -0.39 is 5.60 Å². The second kappa shape index (κ2) is 5.56. The van der Waals surface area contributed by atoms with Crippen LogP contribution >= 0.6 is 0 Å². The normalized spacial score (nSPS) is 13.4. The van der Waals surface area contributed by atoms with Gasteiger partial charge >= 0.3 is 0 Å². The minimum Gasteiger partial charge on any atom is -0.497 e. The Morgan fingerprint density at radius 1 is 0.792 bits per heavy atom. The van der Waals surface area contributed by atoms with Crippen molar-refractivity contribution in [2.45, 2.75) is 5.60 Å². The van der Waals surface area contributed by atoms with Gasteiger partial charge in [-0.25, -0.2) is 0 Å². The van der Waals surface area contributed by atoms with Gasteiger partial charge in [-0.05, 0) is 35.4 Å². The monoisotopic (exact) mass is 312 g/mol. The van der Waals surface area contributed by atoms with Crippen LogP contribution in [0.1, 0.15) is 16.7 Å². The summed E-state index contributed by atoms with van der Waals surface area (Å²) in [5, 5.41) is 11.4. The molecule has 0 saturated heterocycles. The van der Waals surface area contributed by atoms with Crippen molar-refractivity contribution >= 4 is 0 Å². The lowest BCUT2D eigenvalue weighted by Crippen LogP contribution is -2.22. The summed E-state index contributed by atoms with van der Waals surface area (Å²) >= 11 is 0. The average Bonchev–Trinajstić information content (AvgIpc) is 2.91. The zero-order valence-corrected chi connectivity index (χ0v) is 13.3. The van der Waals surface area contributed by atoms with Gasteiger partial charge in [0, 0.05) is 16.7 Å². The highest BCUT2D eigenvalue weighted by Crippen LogP contribution is 2.46. The topological polar surface area (TPSA) is 29.5 Å². The number of benzene rings is 3. The number of aliphatic hydroxyl groups is 1. The fourth-order valence-electron chi connectivity index (χ4n) is 3.18. The van der Waals surface area contributed by atoms with E-state index in [0.29, 0.717) is 0 Å². The largest absolute Gasteiger partial charge is 0.497 e. The maximum atomic E-state index is 11.4. The van der Waals surface area contributed by atoms with Crippen molar-refractivity contribution in [1.29, 1.82) is 0 Å². The number of fused-ring (bicyclic) bond motifs is 3.